The van der Waals surface area contributed by atoms with E-state index in [9.17, 15) is 14.7 Å². The number of hydrogen-bond acceptors (Lipinski definition) is 3. The van der Waals surface area contributed by atoms with Crippen molar-refractivity contribution in [1.29, 1.82) is 0 Å². The highest BCUT2D eigenvalue weighted by molar-refractivity contribution is 6.34. The van der Waals surface area contributed by atoms with Gasteiger partial charge in [-0.25, -0.2) is 4.79 Å². The number of carboxylic acid groups (broad SMARTS) is 1. The first-order valence-electron chi connectivity index (χ1n) is 7.41. The Bertz CT molecular complexity index is 580. The van der Waals surface area contributed by atoms with E-state index < -0.39 is 11.6 Å². The molecular formula is C16H20ClNO4. The maximum absolute atomic E-state index is 12.2. The zero-order chi connectivity index (χ0) is 16.3. The Kier molecular flexibility index (Phi) is 5.08. The molecule has 0 heterocycles. The minimum Gasteiger partial charge on any atom is -0.478 e. The van der Waals surface area contributed by atoms with E-state index in [1.54, 1.807) is 0 Å². The molecule has 0 bridgehead atoms. The summed E-state index contributed by atoms with van der Waals surface area (Å²) in [4.78, 5) is 23.1. The number of halogens is 1. The third kappa shape index (κ3) is 3.78. The number of amides is 1. The third-order valence-corrected chi connectivity index (χ3v) is 4.68. The van der Waals surface area contributed by atoms with Gasteiger partial charge in [0, 0.05) is 6.04 Å². The molecule has 0 radical (unpaired) electrons. The standard InChI is InChI=1S/C16H20ClNO4/c1-2-16(22)7-5-11(6-8-16)18-14(19)12-4-3-10(15(20)21)9-13(12)17/h3-4,9,11,22H,2,5-8H2,1H3,(H,18,19)(H,20,21). The lowest BCUT2D eigenvalue weighted by Crippen LogP contribution is -2.43. The van der Waals surface area contributed by atoms with E-state index >= 15 is 0 Å². The normalized spacial score (nSPS) is 24.8. The Hall–Kier alpha value is -1.59. The molecule has 6 heteroatoms. The molecule has 0 unspecified atom stereocenters. The minimum absolute atomic E-state index is 0.00884. The van der Waals surface area contributed by atoms with Gasteiger partial charge in [-0.1, -0.05) is 18.5 Å². The molecular weight excluding hydrogens is 306 g/mol. The van der Waals surface area contributed by atoms with Crippen molar-refractivity contribution < 1.29 is 19.8 Å². The summed E-state index contributed by atoms with van der Waals surface area (Å²) in [5.41, 5.74) is -0.294. The molecule has 1 saturated carbocycles. The van der Waals surface area contributed by atoms with Gasteiger partial charge in [0.2, 0.25) is 0 Å². The average molecular weight is 326 g/mol. The molecule has 1 aromatic rings. The molecule has 5 nitrogen and oxygen atoms in total. The molecule has 0 aromatic heterocycles. The van der Waals surface area contributed by atoms with Gasteiger partial charge in [0.1, 0.15) is 0 Å². The van der Waals surface area contributed by atoms with Gasteiger partial charge in [-0.2, -0.15) is 0 Å². The summed E-state index contributed by atoms with van der Waals surface area (Å²) in [6.07, 6.45) is 3.50. The summed E-state index contributed by atoms with van der Waals surface area (Å²) in [5, 5.41) is 22.1. The molecule has 0 spiro atoms. The SMILES string of the molecule is CCC1(O)CCC(NC(=O)c2ccc(C(=O)O)cc2Cl)CC1. The molecule has 0 aliphatic heterocycles. The van der Waals surface area contributed by atoms with Gasteiger partial charge in [0.15, 0.2) is 0 Å². The van der Waals surface area contributed by atoms with Crippen LogP contribution in [0.5, 0.6) is 0 Å². The fraction of sp³-hybridized carbons (Fsp3) is 0.500. The lowest BCUT2D eigenvalue weighted by atomic mass is 9.80. The number of aliphatic hydroxyl groups is 1. The first-order chi connectivity index (χ1) is 10.3. The number of aromatic carboxylic acids is 1. The Morgan fingerprint density at radius 3 is 2.50 bits per heavy atom. The van der Waals surface area contributed by atoms with Crippen molar-refractivity contribution in [1.82, 2.24) is 5.32 Å². The van der Waals surface area contributed by atoms with Gasteiger partial charge in [-0.15, -0.1) is 0 Å². The quantitative estimate of drug-likeness (QED) is 0.794. The van der Waals surface area contributed by atoms with Crippen LogP contribution < -0.4 is 5.32 Å². The van der Waals surface area contributed by atoms with Gasteiger partial charge in [-0.3, -0.25) is 4.79 Å². The maximum Gasteiger partial charge on any atom is 0.335 e. The van der Waals surface area contributed by atoms with Crippen molar-refractivity contribution >= 4 is 23.5 Å². The highest BCUT2D eigenvalue weighted by Gasteiger charge is 2.32. The summed E-state index contributed by atoms with van der Waals surface area (Å²) >= 11 is 5.99. The predicted molar refractivity (Wildman–Crippen MR) is 83.4 cm³/mol. The van der Waals surface area contributed by atoms with Crippen LogP contribution in [-0.2, 0) is 0 Å². The molecule has 1 aliphatic rings. The molecule has 1 aromatic carbocycles. The van der Waals surface area contributed by atoms with E-state index in [2.05, 4.69) is 5.32 Å². The van der Waals surface area contributed by atoms with Crippen LogP contribution in [-0.4, -0.2) is 33.7 Å². The van der Waals surface area contributed by atoms with Gasteiger partial charge in [-0.05, 0) is 50.3 Å². The number of hydrogen-bond donors (Lipinski definition) is 3. The highest BCUT2D eigenvalue weighted by Crippen LogP contribution is 2.31. The number of carbonyl (C=O) groups is 2. The largest absolute Gasteiger partial charge is 0.478 e. The van der Waals surface area contributed by atoms with E-state index in [0.29, 0.717) is 12.8 Å². The number of rotatable bonds is 4. The van der Waals surface area contributed by atoms with Crippen molar-refractivity contribution in [3.63, 3.8) is 0 Å². The molecule has 2 rings (SSSR count). The van der Waals surface area contributed by atoms with Crippen LogP contribution in [0.25, 0.3) is 0 Å². The van der Waals surface area contributed by atoms with Crippen LogP contribution in [0.3, 0.4) is 0 Å². The van der Waals surface area contributed by atoms with Crippen molar-refractivity contribution in [3.05, 3.63) is 34.3 Å². The molecule has 3 N–H and O–H groups in total. The predicted octanol–water partition coefficient (Wildman–Crippen LogP) is 2.85. The minimum atomic E-state index is -1.08. The van der Waals surface area contributed by atoms with Crippen molar-refractivity contribution in [3.8, 4) is 0 Å². The first-order valence-corrected chi connectivity index (χ1v) is 7.78. The van der Waals surface area contributed by atoms with Gasteiger partial charge < -0.3 is 15.5 Å². The second kappa shape index (κ2) is 6.67. The van der Waals surface area contributed by atoms with Gasteiger partial charge in [0.05, 0.1) is 21.8 Å². The maximum atomic E-state index is 12.2. The van der Waals surface area contributed by atoms with E-state index in [-0.39, 0.29) is 28.1 Å². The smallest absolute Gasteiger partial charge is 0.335 e. The zero-order valence-electron chi connectivity index (χ0n) is 12.4. The summed E-state index contributed by atoms with van der Waals surface area (Å²) in [7, 11) is 0. The van der Waals surface area contributed by atoms with E-state index in [1.807, 2.05) is 6.92 Å². The lowest BCUT2D eigenvalue weighted by molar-refractivity contribution is -0.00652. The fourth-order valence-corrected chi connectivity index (χ4v) is 3.01. The molecule has 1 fully saturated rings. The topological polar surface area (TPSA) is 86.6 Å². The summed E-state index contributed by atoms with van der Waals surface area (Å²) in [6, 6.07) is 4.07. The number of nitrogens with one attached hydrogen (secondary N) is 1. The Morgan fingerprint density at radius 2 is 2.00 bits per heavy atom. The van der Waals surface area contributed by atoms with E-state index in [0.717, 1.165) is 19.3 Å². The second-order valence-electron chi connectivity index (χ2n) is 5.83. The Balaban J connectivity index is 2.00. The van der Waals surface area contributed by atoms with Crippen LogP contribution in [0.4, 0.5) is 0 Å². The third-order valence-electron chi connectivity index (χ3n) is 4.37. The summed E-state index contributed by atoms with van der Waals surface area (Å²) < 4.78 is 0. The van der Waals surface area contributed by atoms with E-state index in [4.69, 9.17) is 16.7 Å². The van der Waals surface area contributed by atoms with E-state index in [1.165, 1.54) is 18.2 Å². The fourth-order valence-electron chi connectivity index (χ4n) is 2.75. The number of carboxylic acids is 1. The lowest BCUT2D eigenvalue weighted by Gasteiger charge is -2.35. The van der Waals surface area contributed by atoms with Crippen LogP contribution >= 0.6 is 11.6 Å². The van der Waals surface area contributed by atoms with Crippen molar-refractivity contribution in [2.24, 2.45) is 0 Å². The van der Waals surface area contributed by atoms with Gasteiger partial charge >= 0.3 is 5.97 Å². The van der Waals surface area contributed by atoms with Crippen LogP contribution in [0.2, 0.25) is 5.02 Å². The molecule has 1 aliphatic carbocycles. The number of carbonyl (C=O) groups excluding carboxylic acids is 1. The highest BCUT2D eigenvalue weighted by atomic mass is 35.5. The summed E-state index contributed by atoms with van der Waals surface area (Å²) in [5.74, 6) is -1.39. The van der Waals surface area contributed by atoms with Gasteiger partial charge in [0.25, 0.3) is 5.91 Å². The molecule has 1 amide bonds. The average Bonchev–Trinajstić information content (AvgIpc) is 2.49. The number of benzene rings is 1. The summed E-state index contributed by atoms with van der Waals surface area (Å²) in [6.45, 7) is 1.96. The molecule has 0 atom stereocenters. The monoisotopic (exact) mass is 325 g/mol. The first kappa shape index (κ1) is 16.8. The Morgan fingerprint density at radius 1 is 1.36 bits per heavy atom. The Labute approximate surface area is 134 Å². The van der Waals surface area contributed by atoms with Crippen molar-refractivity contribution in [2.75, 3.05) is 0 Å². The molecule has 0 saturated heterocycles. The second-order valence-corrected chi connectivity index (χ2v) is 6.23. The van der Waals surface area contributed by atoms with Crippen molar-refractivity contribution in [2.45, 2.75) is 50.7 Å². The van der Waals surface area contributed by atoms with Crippen LogP contribution in [0, 0.1) is 0 Å². The molecule has 120 valence electrons. The van der Waals surface area contributed by atoms with Crippen LogP contribution in [0.1, 0.15) is 59.7 Å². The molecule has 22 heavy (non-hydrogen) atoms. The zero-order valence-corrected chi connectivity index (χ0v) is 13.2. The van der Waals surface area contributed by atoms with Crippen LogP contribution in [0.15, 0.2) is 18.2 Å².